The molecular formula is C29H34N4O2S. The Morgan fingerprint density at radius 2 is 1.83 bits per heavy atom. The molecule has 6 nitrogen and oxygen atoms in total. The zero-order valence-corrected chi connectivity index (χ0v) is 21.7. The van der Waals surface area contributed by atoms with Crippen molar-refractivity contribution in [2.24, 2.45) is 0 Å². The molecule has 2 aliphatic heterocycles. The van der Waals surface area contributed by atoms with E-state index in [1.807, 2.05) is 42.5 Å². The first-order valence-electron chi connectivity index (χ1n) is 12.8. The molecule has 1 aromatic heterocycles. The van der Waals surface area contributed by atoms with E-state index >= 15 is 0 Å². The van der Waals surface area contributed by atoms with Crippen LogP contribution in [0.4, 0.5) is 11.5 Å². The lowest BCUT2D eigenvalue weighted by Crippen LogP contribution is -2.44. The molecule has 3 heterocycles. The maximum absolute atomic E-state index is 12.5. The van der Waals surface area contributed by atoms with Gasteiger partial charge in [0.25, 0.3) is 0 Å². The summed E-state index contributed by atoms with van der Waals surface area (Å²) in [6, 6.07) is 16.4. The molecule has 7 heteroatoms. The van der Waals surface area contributed by atoms with Crippen molar-refractivity contribution < 1.29 is 9.53 Å². The lowest BCUT2D eigenvalue weighted by molar-refractivity contribution is -0.111. The van der Waals surface area contributed by atoms with Crippen LogP contribution in [0.2, 0.25) is 0 Å². The van der Waals surface area contributed by atoms with E-state index in [9.17, 15) is 4.79 Å². The number of aromatic nitrogens is 1. The number of hydrogen-bond donors (Lipinski definition) is 2. The predicted octanol–water partition coefficient (Wildman–Crippen LogP) is 5.53. The van der Waals surface area contributed by atoms with Crippen molar-refractivity contribution in [1.29, 1.82) is 0 Å². The molecule has 2 fully saturated rings. The van der Waals surface area contributed by atoms with Gasteiger partial charge in [-0.1, -0.05) is 12.1 Å². The van der Waals surface area contributed by atoms with Crippen LogP contribution < -0.4 is 15.0 Å². The molecule has 1 amide bonds. The maximum Gasteiger partial charge on any atom is 0.248 e. The van der Waals surface area contributed by atoms with E-state index < -0.39 is 0 Å². The first-order valence-corrected chi connectivity index (χ1v) is 13.5. The molecule has 3 aromatic rings. The summed E-state index contributed by atoms with van der Waals surface area (Å²) in [5.74, 6) is 1.97. The number of anilines is 2. The van der Waals surface area contributed by atoms with Gasteiger partial charge in [-0.05, 0) is 99.3 Å². The standard InChI is InChI=1S/C29H34N4O2S/c1-21-18-28(33-16-12-24(13-17-33)32-14-2-3-15-32)31-27-10-7-23(19-26(21)27)30-29(34)11-6-22-4-8-25(9-5-22)35-20-36/h4-11,18-19,24,36H,2-3,12-17,20H2,1H3,(H,30,34)/b11-6+. The van der Waals surface area contributed by atoms with E-state index in [-0.39, 0.29) is 5.91 Å². The molecule has 0 bridgehead atoms. The highest BCUT2D eigenvalue weighted by Gasteiger charge is 2.27. The number of nitrogens with zero attached hydrogens (tertiary/aromatic N) is 3. The number of carbonyl (C=O) groups excluding carboxylic acids is 1. The first kappa shape index (κ1) is 24.7. The van der Waals surface area contributed by atoms with Crippen LogP contribution in [-0.4, -0.2) is 54.0 Å². The molecule has 2 aliphatic rings. The highest BCUT2D eigenvalue weighted by atomic mass is 32.1. The van der Waals surface area contributed by atoms with Crippen molar-refractivity contribution in [3.8, 4) is 5.75 Å². The number of likely N-dealkylation sites (tertiary alicyclic amines) is 1. The van der Waals surface area contributed by atoms with Crippen molar-refractivity contribution in [1.82, 2.24) is 9.88 Å². The van der Waals surface area contributed by atoms with E-state index in [0.717, 1.165) is 52.9 Å². The monoisotopic (exact) mass is 502 g/mol. The van der Waals surface area contributed by atoms with Crippen LogP contribution in [0.15, 0.2) is 54.6 Å². The molecule has 0 radical (unpaired) electrons. The number of hydrogen-bond acceptors (Lipinski definition) is 6. The minimum Gasteiger partial charge on any atom is -0.483 e. The van der Waals surface area contributed by atoms with Crippen LogP contribution in [0.1, 0.15) is 36.8 Å². The minimum absolute atomic E-state index is 0.173. The Kier molecular flexibility index (Phi) is 7.78. The summed E-state index contributed by atoms with van der Waals surface area (Å²) >= 11 is 4.05. The summed E-state index contributed by atoms with van der Waals surface area (Å²) < 4.78 is 5.33. The molecule has 0 aliphatic carbocycles. The van der Waals surface area contributed by atoms with Crippen molar-refractivity contribution in [3.63, 3.8) is 0 Å². The molecule has 1 N–H and O–H groups in total. The first-order chi connectivity index (χ1) is 17.6. The summed E-state index contributed by atoms with van der Waals surface area (Å²) in [6.45, 7) is 6.78. The highest BCUT2D eigenvalue weighted by molar-refractivity contribution is 7.80. The molecule has 2 aromatic carbocycles. The summed E-state index contributed by atoms with van der Waals surface area (Å²) in [6.07, 6.45) is 8.46. The van der Waals surface area contributed by atoms with Crippen molar-refractivity contribution >= 4 is 47.0 Å². The van der Waals surface area contributed by atoms with Crippen molar-refractivity contribution in [3.05, 3.63) is 65.7 Å². The second-order valence-electron chi connectivity index (χ2n) is 9.66. The Labute approximate surface area is 218 Å². The number of piperidine rings is 1. The molecule has 0 saturated carbocycles. The molecule has 0 unspecified atom stereocenters. The number of benzene rings is 2. The third-order valence-corrected chi connectivity index (χ3v) is 7.38. The van der Waals surface area contributed by atoms with Gasteiger partial charge >= 0.3 is 0 Å². The van der Waals surface area contributed by atoms with Crippen LogP contribution in [0.3, 0.4) is 0 Å². The number of aryl methyl sites for hydroxylation is 1. The minimum atomic E-state index is -0.173. The van der Waals surface area contributed by atoms with E-state index in [1.165, 1.54) is 44.3 Å². The van der Waals surface area contributed by atoms with Gasteiger partial charge in [-0.15, -0.1) is 12.6 Å². The van der Waals surface area contributed by atoms with Gasteiger partial charge in [-0.3, -0.25) is 4.79 Å². The predicted molar refractivity (Wildman–Crippen MR) is 151 cm³/mol. The number of thiol groups is 1. The smallest absolute Gasteiger partial charge is 0.248 e. The van der Waals surface area contributed by atoms with Crippen molar-refractivity contribution in [2.45, 2.75) is 38.6 Å². The zero-order chi connectivity index (χ0) is 24.9. The Hall–Kier alpha value is -3.03. The number of rotatable bonds is 7. The van der Waals surface area contributed by atoms with E-state index in [2.05, 4.69) is 40.7 Å². The second-order valence-corrected chi connectivity index (χ2v) is 9.91. The number of fused-ring (bicyclic) bond motifs is 1. The lowest BCUT2D eigenvalue weighted by atomic mass is 10.0. The third-order valence-electron chi connectivity index (χ3n) is 7.25. The van der Waals surface area contributed by atoms with Crippen LogP contribution >= 0.6 is 12.6 Å². The number of carbonyl (C=O) groups is 1. The highest BCUT2D eigenvalue weighted by Crippen LogP contribution is 2.28. The molecule has 188 valence electrons. The van der Waals surface area contributed by atoms with Crippen LogP contribution in [0, 0.1) is 6.92 Å². The molecule has 5 rings (SSSR count). The molecule has 2 saturated heterocycles. The van der Waals surface area contributed by atoms with Crippen molar-refractivity contribution in [2.75, 3.05) is 42.3 Å². The number of pyridine rings is 1. The Bertz CT molecular complexity index is 1230. The van der Waals surface area contributed by atoms with E-state index in [0.29, 0.717) is 5.94 Å². The molecule has 0 spiro atoms. The second kappa shape index (κ2) is 11.4. The van der Waals surface area contributed by atoms with E-state index in [1.54, 1.807) is 12.2 Å². The lowest BCUT2D eigenvalue weighted by Gasteiger charge is -2.37. The normalized spacial score (nSPS) is 17.2. The van der Waals surface area contributed by atoms with Gasteiger partial charge in [0.2, 0.25) is 5.91 Å². The Balaban J connectivity index is 1.22. The van der Waals surface area contributed by atoms with Gasteiger partial charge in [-0.25, -0.2) is 4.98 Å². The summed E-state index contributed by atoms with van der Waals surface area (Å²) in [5, 5.41) is 4.03. The van der Waals surface area contributed by atoms with E-state index in [4.69, 9.17) is 9.72 Å². The molecular weight excluding hydrogens is 468 g/mol. The van der Waals surface area contributed by atoms with Crippen LogP contribution in [0.5, 0.6) is 5.75 Å². The summed E-state index contributed by atoms with van der Waals surface area (Å²) in [5.41, 5.74) is 3.82. The fourth-order valence-electron chi connectivity index (χ4n) is 5.29. The largest absolute Gasteiger partial charge is 0.483 e. The molecule has 36 heavy (non-hydrogen) atoms. The van der Waals surface area contributed by atoms with Gasteiger partial charge < -0.3 is 19.9 Å². The number of amides is 1. The summed E-state index contributed by atoms with van der Waals surface area (Å²) in [4.78, 5) is 22.6. The summed E-state index contributed by atoms with van der Waals surface area (Å²) in [7, 11) is 0. The quantitative estimate of drug-likeness (QED) is 0.253. The van der Waals surface area contributed by atoms with Gasteiger partial charge in [0.05, 0.1) is 5.52 Å². The fourth-order valence-corrected chi connectivity index (χ4v) is 5.44. The van der Waals surface area contributed by atoms with Crippen LogP contribution in [0.25, 0.3) is 17.0 Å². The van der Waals surface area contributed by atoms with Crippen LogP contribution in [-0.2, 0) is 4.79 Å². The number of ether oxygens (including phenoxy) is 1. The van der Waals surface area contributed by atoms with Gasteiger partial charge in [-0.2, -0.15) is 0 Å². The maximum atomic E-state index is 12.5. The van der Waals surface area contributed by atoms with Gasteiger partial charge in [0.15, 0.2) is 0 Å². The number of nitrogens with one attached hydrogen (secondary N) is 1. The Morgan fingerprint density at radius 3 is 2.56 bits per heavy atom. The molecule has 0 atom stereocenters. The third kappa shape index (κ3) is 5.85. The Morgan fingerprint density at radius 1 is 1.08 bits per heavy atom. The zero-order valence-electron chi connectivity index (χ0n) is 20.8. The van der Waals surface area contributed by atoms with Gasteiger partial charge in [0.1, 0.15) is 17.5 Å². The average Bonchev–Trinajstić information content (AvgIpc) is 3.44. The SMILES string of the molecule is Cc1cc(N2CCC(N3CCCC3)CC2)nc2ccc(NC(=O)/C=C/c3ccc(OCS)cc3)cc12. The topological polar surface area (TPSA) is 57.7 Å². The van der Waals surface area contributed by atoms with Gasteiger partial charge in [0, 0.05) is 36.3 Å². The average molecular weight is 503 g/mol. The fraction of sp³-hybridized carbons (Fsp3) is 0.379.